The molecular weight excluding hydrogens is 282 g/mol. The van der Waals surface area contributed by atoms with E-state index in [1.54, 1.807) is 0 Å². The fraction of sp³-hybridized carbons (Fsp3) is 0. The number of hydrogen-bond acceptors (Lipinski definition) is 4. The van der Waals surface area contributed by atoms with Crippen molar-refractivity contribution < 1.29 is 23.1 Å². The van der Waals surface area contributed by atoms with Crippen molar-refractivity contribution in [2.24, 2.45) is 0 Å². The summed E-state index contributed by atoms with van der Waals surface area (Å²) in [6.07, 6.45) is 0. The van der Waals surface area contributed by atoms with Gasteiger partial charge < -0.3 is 14.8 Å². The van der Waals surface area contributed by atoms with Gasteiger partial charge in [-0.2, -0.15) is 4.98 Å². The molecule has 1 heterocycles. The smallest absolute Gasteiger partial charge is 0.335 e. The van der Waals surface area contributed by atoms with Crippen LogP contribution in [0.25, 0.3) is 11.1 Å². The van der Waals surface area contributed by atoms with Gasteiger partial charge in [0.2, 0.25) is 0 Å². The number of aromatic nitrogens is 1. The summed E-state index contributed by atoms with van der Waals surface area (Å²) < 4.78 is 31.3. The minimum absolute atomic E-state index is 0.0542. The molecule has 3 rings (SSSR count). The largest absolute Gasteiger partial charge is 0.478 e. The van der Waals surface area contributed by atoms with E-state index in [9.17, 15) is 13.6 Å². The molecule has 0 aliphatic heterocycles. The number of rotatable bonds is 3. The molecule has 0 amide bonds. The molecule has 2 aromatic carbocycles. The lowest BCUT2D eigenvalue weighted by molar-refractivity contribution is 0.0697. The lowest BCUT2D eigenvalue weighted by atomic mass is 10.2. The van der Waals surface area contributed by atoms with Gasteiger partial charge in [0, 0.05) is 11.8 Å². The average Bonchev–Trinajstić information content (AvgIpc) is 2.84. The molecule has 1 aromatic heterocycles. The number of carboxylic acids is 1. The van der Waals surface area contributed by atoms with Gasteiger partial charge in [-0.25, -0.2) is 13.6 Å². The minimum Gasteiger partial charge on any atom is -0.478 e. The first-order valence-electron chi connectivity index (χ1n) is 5.89. The molecule has 21 heavy (non-hydrogen) atoms. The van der Waals surface area contributed by atoms with Crippen LogP contribution in [0.3, 0.4) is 0 Å². The second-order valence-corrected chi connectivity index (χ2v) is 4.26. The zero-order valence-electron chi connectivity index (χ0n) is 10.4. The quantitative estimate of drug-likeness (QED) is 0.771. The van der Waals surface area contributed by atoms with Crippen molar-refractivity contribution in [2.45, 2.75) is 0 Å². The number of carboxylic acid groups (broad SMARTS) is 1. The zero-order chi connectivity index (χ0) is 15.0. The number of aromatic carboxylic acids is 1. The number of carbonyl (C=O) groups is 1. The van der Waals surface area contributed by atoms with Crippen molar-refractivity contribution in [3.8, 4) is 0 Å². The summed E-state index contributed by atoms with van der Waals surface area (Å²) in [5, 5.41) is 11.6. The van der Waals surface area contributed by atoms with Crippen LogP contribution in [0.15, 0.2) is 40.8 Å². The van der Waals surface area contributed by atoms with Crippen LogP contribution in [-0.4, -0.2) is 16.1 Å². The van der Waals surface area contributed by atoms with E-state index < -0.39 is 17.6 Å². The Morgan fingerprint density at radius 2 is 1.95 bits per heavy atom. The Kier molecular flexibility index (Phi) is 3.02. The van der Waals surface area contributed by atoms with Gasteiger partial charge in [-0.3, -0.25) is 0 Å². The van der Waals surface area contributed by atoms with Crippen LogP contribution in [0.5, 0.6) is 0 Å². The Labute approximate surface area is 116 Å². The van der Waals surface area contributed by atoms with Crippen molar-refractivity contribution >= 4 is 28.8 Å². The number of nitrogens with one attached hydrogen (secondary N) is 1. The molecule has 2 N–H and O–H groups in total. The predicted molar refractivity (Wildman–Crippen MR) is 70.6 cm³/mol. The third kappa shape index (κ3) is 2.53. The molecule has 0 radical (unpaired) electrons. The first kappa shape index (κ1) is 13.0. The minimum atomic E-state index is -1.08. The van der Waals surface area contributed by atoms with Gasteiger partial charge in [0.25, 0.3) is 6.01 Å². The van der Waals surface area contributed by atoms with Crippen molar-refractivity contribution in [1.29, 1.82) is 0 Å². The van der Waals surface area contributed by atoms with Gasteiger partial charge in [0.15, 0.2) is 17.2 Å². The Hall–Kier alpha value is -2.96. The maximum atomic E-state index is 13.1. The molecule has 0 aliphatic carbocycles. The topological polar surface area (TPSA) is 75.4 Å². The molecule has 0 bridgehead atoms. The molecule has 0 fully saturated rings. The number of fused-ring (bicyclic) bond motifs is 1. The van der Waals surface area contributed by atoms with Gasteiger partial charge in [0.05, 0.1) is 5.56 Å². The number of anilines is 2. The van der Waals surface area contributed by atoms with Gasteiger partial charge in [-0.05, 0) is 30.3 Å². The molecule has 3 aromatic rings. The SMILES string of the molecule is O=C(O)c1ccc2nc(Nc3ccc(F)c(F)c3)oc2c1. The fourth-order valence-corrected chi connectivity index (χ4v) is 1.81. The highest BCUT2D eigenvalue weighted by atomic mass is 19.2. The van der Waals surface area contributed by atoms with Crippen LogP contribution in [-0.2, 0) is 0 Å². The Balaban J connectivity index is 1.93. The van der Waals surface area contributed by atoms with Crippen LogP contribution in [0.1, 0.15) is 10.4 Å². The molecule has 0 saturated carbocycles. The van der Waals surface area contributed by atoms with Gasteiger partial charge in [-0.15, -0.1) is 0 Å². The van der Waals surface area contributed by atoms with Crippen LogP contribution in [0.4, 0.5) is 20.5 Å². The van der Waals surface area contributed by atoms with Crippen LogP contribution >= 0.6 is 0 Å². The highest BCUT2D eigenvalue weighted by Crippen LogP contribution is 2.24. The molecule has 7 heteroatoms. The second kappa shape index (κ2) is 4.86. The van der Waals surface area contributed by atoms with E-state index in [0.29, 0.717) is 5.52 Å². The van der Waals surface area contributed by atoms with E-state index in [1.165, 1.54) is 24.3 Å². The van der Waals surface area contributed by atoms with Gasteiger partial charge >= 0.3 is 5.97 Å². The normalized spacial score (nSPS) is 10.8. The van der Waals surface area contributed by atoms with Gasteiger partial charge in [0.1, 0.15) is 5.52 Å². The molecule has 106 valence electrons. The highest BCUT2D eigenvalue weighted by Gasteiger charge is 2.10. The van der Waals surface area contributed by atoms with Crippen molar-refractivity contribution in [1.82, 2.24) is 4.98 Å². The molecule has 0 saturated heterocycles. The second-order valence-electron chi connectivity index (χ2n) is 4.26. The lowest BCUT2D eigenvalue weighted by Crippen LogP contribution is -1.94. The number of halogens is 2. The predicted octanol–water partition coefficient (Wildman–Crippen LogP) is 3.55. The van der Waals surface area contributed by atoms with E-state index >= 15 is 0 Å². The third-order valence-electron chi connectivity index (χ3n) is 2.81. The van der Waals surface area contributed by atoms with Crippen LogP contribution in [0.2, 0.25) is 0 Å². The Morgan fingerprint density at radius 3 is 2.67 bits per heavy atom. The standard InChI is InChI=1S/C14H8F2N2O3/c15-9-3-2-8(6-10(9)16)17-14-18-11-4-1-7(13(19)20)5-12(11)21-14/h1-6H,(H,17,18)(H,19,20). The van der Waals surface area contributed by atoms with Crippen LogP contribution in [0, 0.1) is 11.6 Å². The number of benzene rings is 2. The summed E-state index contributed by atoms with van der Waals surface area (Å²) in [5.41, 5.74) is 1.06. The maximum Gasteiger partial charge on any atom is 0.335 e. The van der Waals surface area contributed by atoms with Crippen LogP contribution < -0.4 is 5.32 Å². The molecule has 5 nitrogen and oxygen atoms in total. The number of hydrogen-bond donors (Lipinski definition) is 2. The third-order valence-corrected chi connectivity index (χ3v) is 2.81. The molecule has 0 atom stereocenters. The summed E-state index contributed by atoms with van der Waals surface area (Å²) in [6.45, 7) is 0. The summed E-state index contributed by atoms with van der Waals surface area (Å²) >= 11 is 0. The Morgan fingerprint density at radius 1 is 1.14 bits per heavy atom. The summed E-state index contributed by atoms with van der Waals surface area (Å²) in [4.78, 5) is 14.9. The summed E-state index contributed by atoms with van der Waals surface area (Å²) in [6, 6.07) is 7.55. The van der Waals surface area contributed by atoms with Crippen molar-refractivity contribution in [3.63, 3.8) is 0 Å². The monoisotopic (exact) mass is 290 g/mol. The summed E-state index contributed by atoms with van der Waals surface area (Å²) in [7, 11) is 0. The fourth-order valence-electron chi connectivity index (χ4n) is 1.81. The molecular formula is C14H8F2N2O3. The lowest BCUT2D eigenvalue weighted by Gasteiger charge is -2.01. The summed E-state index contributed by atoms with van der Waals surface area (Å²) in [5.74, 6) is -3.03. The highest BCUT2D eigenvalue weighted by molar-refractivity contribution is 5.92. The average molecular weight is 290 g/mol. The Bertz CT molecular complexity index is 845. The zero-order valence-corrected chi connectivity index (χ0v) is 10.4. The number of nitrogens with zero attached hydrogens (tertiary/aromatic N) is 1. The van der Waals surface area contributed by atoms with E-state index in [2.05, 4.69) is 10.3 Å². The van der Waals surface area contributed by atoms with Crippen molar-refractivity contribution in [2.75, 3.05) is 5.32 Å². The van der Waals surface area contributed by atoms with E-state index in [0.717, 1.165) is 12.1 Å². The van der Waals surface area contributed by atoms with Gasteiger partial charge in [-0.1, -0.05) is 0 Å². The van der Waals surface area contributed by atoms with Crippen molar-refractivity contribution in [3.05, 3.63) is 53.6 Å². The van der Waals surface area contributed by atoms with E-state index in [4.69, 9.17) is 9.52 Å². The molecule has 0 unspecified atom stereocenters. The van der Waals surface area contributed by atoms with E-state index in [-0.39, 0.29) is 22.8 Å². The first-order chi connectivity index (χ1) is 10.0. The molecule has 0 spiro atoms. The molecule has 0 aliphatic rings. The number of oxazole rings is 1. The maximum absolute atomic E-state index is 13.1. The van der Waals surface area contributed by atoms with E-state index in [1.807, 2.05) is 0 Å². The first-order valence-corrected chi connectivity index (χ1v) is 5.89.